The summed E-state index contributed by atoms with van der Waals surface area (Å²) in [5.74, 6) is 0.115. The van der Waals surface area contributed by atoms with Crippen molar-refractivity contribution >= 4 is 11.0 Å². The first-order valence-corrected chi connectivity index (χ1v) is 7.43. The van der Waals surface area contributed by atoms with Gasteiger partial charge in [0.25, 0.3) is 0 Å². The average molecular weight is 338 g/mol. The SMILES string of the molecule is Cc1cccc2oc(=O)cc(O[C@H]3O[C@@H](CO)[C@H](O)[C@@H](O)[C@@H]3O)c12. The molecule has 1 aromatic carbocycles. The van der Waals surface area contributed by atoms with Crippen LogP contribution in [0.25, 0.3) is 11.0 Å². The van der Waals surface area contributed by atoms with Crippen molar-refractivity contribution in [2.24, 2.45) is 0 Å². The van der Waals surface area contributed by atoms with Crippen LogP contribution in [-0.2, 0) is 4.74 Å². The van der Waals surface area contributed by atoms with E-state index in [-0.39, 0.29) is 5.75 Å². The Morgan fingerprint density at radius 3 is 2.62 bits per heavy atom. The molecule has 1 fully saturated rings. The predicted molar refractivity (Wildman–Crippen MR) is 81.6 cm³/mol. The van der Waals surface area contributed by atoms with E-state index in [4.69, 9.17) is 13.9 Å². The van der Waals surface area contributed by atoms with E-state index < -0.39 is 42.9 Å². The van der Waals surface area contributed by atoms with Crippen molar-refractivity contribution in [1.82, 2.24) is 0 Å². The van der Waals surface area contributed by atoms with Gasteiger partial charge in [0.05, 0.1) is 18.1 Å². The van der Waals surface area contributed by atoms with Crippen molar-refractivity contribution in [3.8, 4) is 5.75 Å². The second kappa shape index (κ2) is 6.50. The Balaban J connectivity index is 1.99. The maximum atomic E-state index is 11.7. The maximum absolute atomic E-state index is 11.7. The lowest BCUT2D eigenvalue weighted by atomic mass is 9.99. The smallest absolute Gasteiger partial charge is 0.339 e. The summed E-state index contributed by atoms with van der Waals surface area (Å²) < 4.78 is 16.0. The molecule has 0 spiro atoms. The highest BCUT2D eigenvalue weighted by Gasteiger charge is 2.44. The molecule has 0 radical (unpaired) electrons. The number of hydrogen-bond acceptors (Lipinski definition) is 8. The molecule has 0 saturated carbocycles. The summed E-state index contributed by atoms with van der Waals surface area (Å²) in [4.78, 5) is 11.7. The van der Waals surface area contributed by atoms with Crippen molar-refractivity contribution in [1.29, 1.82) is 0 Å². The number of benzene rings is 1. The molecule has 8 nitrogen and oxygen atoms in total. The quantitative estimate of drug-likeness (QED) is 0.540. The zero-order chi connectivity index (χ0) is 17.4. The van der Waals surface area contributed by atoms with E-state index in [0.29, 0.717) is 11.0 Å². The molecule has 1 aliphatic rings. The summed E-state index contributed by atoms with van der Waals surface area (Å²) in [5.41, 5.74) is 0.436. The van der Waals surface area contributed by atoms with E-state index in [0.717, 1.165) is 11.6 Å². The molecule has 2 aromatic rings. The molecule has 0 aliphatic carbocycles. The van der Waals surface area contributed by atoms with Crippen molar-refractivity contribution in [3.63, 3.8) is 0 Å². The molecule has 1 aromatic heterocycles. The number of fused-ring (bicyclic) bond motifs is 1. The topological polar surface area (TPSA) is 130 Å². The largest absolute Gasteiger partial charge is 0.461 e. The van der Waals surface area contributed by atoms with Crippen LogP contribution in [0.4, 0.5) is 0 Å². The Labute approximate surface area is 136 Å². The second-order valence-electron chi connectivity index (χ2n) is 5.69. The molecule has 1 saturated heterocycles. The lowest BCUT2D eigenvalue weighted by molar-refractivity contribution is -0.277. The third kappa shape index (κ3) is 2.90. The fourth-order valence-corrected chi connectivity index (χ4v) is 2.74. The van der Waals surface area contributed by atoms with Crippen molar-refractivity contribution < 1.29 is 34.3 Å². The van der Waals surface area contributed by atoms with Gasteiger partial charge in [-0.1, -0.05) is 12.1 Å². The van der Waals surface area contributed by atoms with Gasteiger partial charge in [-0.05, 0) is 18.6 Å². The minimum atomic E-state index is -1.56. The number of ether oxygens (including phenoxy) is 2. The molecular weight excluding hydrogens is 320 g/mol. The summed E-state index contributed by atoms with van der Waals surface area (Å²) in [6.07, 6.45) is -7.07. The predicted octanol–water partition coefficient (Wildman–Crippen LogP) is -0.720. The van der Waals surface area contributed by atoms with Gasteiger partial charge in [-0.25, -0.2) is 4.79 Å². The number of aliphatic hydroxyl groups excluding tert-OH is 4. The molecule has 0 bridgehead atoms. The highest BCUT2D eigenvalue weighted by atomic mass is 16.7. The number of rotatable bonds is 3. The van der Waals surface area contributed by atoms with Gasteiger partial charge in [0.15, 0.2) is 0 Å². The zero-order valence-corrected chi connectivity index (χ0v) is 12.8. The fraction of sp³-hybridized carbons (Fsp3) is 0.438. The third-order valence-electron chi connectivity index (χ3n) is 4.03. The average Bonchev–Trinajstić information content (AvgIpc) is 2.55. The van der Waals surface area contributed by atoms with Crippen LogP contribution < -0.4 is 10.4 Å². The molecule has 3 rings (SSSR count). The van der Waals surface area contributed by atoms with Crippen LogP contribution in [-0.4, -0.2) is 57.7 Å². The van der Waals surface area contributed by atoms with Gasteiger partial charge < -0.3 is 34.3 Å². The molecule has 0 amide bonds. The maximum Gasteiger partial charge on any atom is 0.339 e. The Bertz CT molecular complexity index is 783. The van der Waals surface area contributed by atoms with Crippen molar-refractivity contribution in [2.45, 2.75) is 37.6 Å². The first-order chi connectivity index (χ1) is 11.4. The summed E-state index contributed by atoms with van der Waals surface area (Å²) >= 11 is 0. The molecular formula is C16H18O8. The van der Waals surface area contributed by atoms with Crippen LogP contribution in [0.5, 0.6) is 5.75 Å². The highest BCUT2D eigenvalue weighted by Crippen LogP contribution is 2.30. The van der Waals surface area contributed by atoms with E-state index in [2.05, 4.69) is 0 Å². The molecule has 24 heavy (non-hydrogen) atoms. The minimum Gasteiger partial charge on any atom is -0.461 e. The van der Waals surface area contributed by atoms with Crippen molar-refractivity contribution in [2.75, 3.05) is 6.61 Å². The van der Waals surface area contributed by atoms with Crippen LogP contribution in [0.1, 0.15) is 5.56 Å². The highest BCUT2D eigenvalue weighted by molar-refractivity contribution is 5.86. The molecule has 8 heteroatoms. The summed E-state index contributed by atoms with van der Waals surface area (Å²) in [6, 6.07) is 6.22. The van der Waals surface area contributed by atoms with Crippen molar-refractivity contribution in [3.05, 3.63) is 40.2 Å². The third-order valence-corrected chi connectivity index (χ3v) is 4.03. The van der Waals surface area contributed by atoms with E-state index in [1.165, 1.54) is 0 Å². The Morgan fingerprint density at radius 2 is 1.92 bits per heavy atom. The van der Waals surface area contributed by atoms with Crippen LogP contribution in [0.15, 0.2) is 33.5 Å². The summed E-state index contributed by atoms with van der Waals surface area (Å²) in [7, 11) is 0. The van der Waals surface area contributed by atoms with Gasteiger partial charge >= 0.3 is 5.63 Å². The number of aliphatic hydroxyl groups is 4. The Hall–Kier alpha value is -1.97. The molecule has 5 atom stereocenters. The number of aryl methyl sites for hydroxylation is 1. The van der Waals surface area contributed by atoms with Crippen LogP contribution in [0.3, 0.4) is 0 Å². The van der Waals surface area contributed by atoms with E-state index in [1.807, 2.05) is 0 Å². The van der Waals surface area contributed by atoms with Crippen LogP contribution in [0, 0.1) is 6.92 Å². The molecule has 1 aliphatic heterocycles. The molecule has 130 valence electrons. The van der Waals surface area contributed by atoms with Gasteiger partial charge in [0, 0.05) is 0 Å². The summed E-state index contributed by atoms with van der Waals surface area (Å²) in [5, 5.41) is 39.4. The van der Waals surface area contributed by atoms with Gasteiger partial charge in [-0.2, -0.15) is 0 Å². The van der Waals surface area contributed by atoms with E-state index in [9.17, 15) is 25.2 Å². The normalized spacial score (nSPS) is 30.5. The summed E-state index contributed by atoms with van der Waals surface area (Å²) in [6.45, 7) is 1.23. The minimum absolute atomic E-state index is 0.115. The van der Waals surface area contributed by atoms with Gasteiger partial charge in [-0.15, -0.1) is 0 Å². The Morgan fingerprint density at radius 1 is 1.17 bits per heavy atom. The van der Waals surface area contributed by atoms with Crippen LogP contribution in [0.2, 0.25) is 0 Å². The van der Waals surface area contributed by atoms with Gasteiger partial charge in [-0.3, -0.25) is 0 Å². The standard InChI is InChI=1S/C16H18O8/c1-7-3-2-4-8-12(7)9(5-11(18)22-8)23-16-15(21)14(20)13(19)10(6-17)24-16/h2-5,10,13-17,19-21H,6H2,1H3/t10-,13-,14+,15-,16-/m0/s1. The van der Waals surface area contributed by atoms with E-state index in [1.54, 1.807) is 25.1 Å². The molecule has 0 unspecified atom stereocenters. The number of hydrogen-bond donors (Lipinski definition) is 4. The van der Waals surface area contributed by atoms with E-state index >= 15 is 0 Å². The zero-order valence-electron chi connectivity index (χ0n) is 12.8. The second-order valence-corrected chi connectivity index (χ2v) is 5.69. The Kier molecular flexibility index (Phi) is 4.57. The van der Waals surface area contributed by atoms with Crippen LogP contribution >= 0.6 is 0 Å². The fourth-order valence-electron chi connectivity index (χ4n) is 2.74. The molecule has 4 N–H and O–H groups in total. The van der Waals surface area contributed by atoms with Gasteiger partial charge in [0.2, 0.25) is 6.29 Å². The lowest BCUT2D eigenvalue weighted by Gasteiger charge is -2.39. The first-order valence-electron chi connectivity index (χ1n) is 7.43. The first kappa shape index (κ1) is 16.9. The lowest BCUT2D eigenvalue weighted by Crippen LogP contribution is -2.60. The molecule has 2 heterocycles. The van der Waals surface area contributed by atoms with Gasteiger partial charge in [0.1, 0.15) is 35.7 Å². The monoisotopic (exact) mass is 338 g/mol.